The Morgan fingerprint density at radius 1 is 1.15 bits per heavy atom. The van der Waals surface area contributed by atoms with E-state index in [0.717, 1.165) is 17.3 Å². The maximum absolute atomic E-state index is 12.2. The third kappa shape index (κ3) is 4.35. The lowest BCUT2D eigenvalue weighted by molar-refractivity contribution is 0.0276. The number of amides is 1. The highest BCUT2D eigenvalue weighted by Crippen LogP contribution is 2.36. The molecule has 1 aromatic heterocycles. The zero-order valence-electron chi connectivity index (χ0n) is 16.4. The van der Waals surface area contributed by atoms with Gasteiger partial charge in [0, 0.05) is 30.6 Å². The largest absolute Gasteiger partial charge is 0.493 e. The zero-order chi connectivity index (χ0) is 19.6. The van der Waals surface area contributed by atoms with Gasteiger partial charge in [0.25, 0.3) is 0 Å². The average molecular weight is 374 g/mol. The van der Waals surface area contributed by atoms with Crippen LogP contribution in [0.15, 0.2) is 24.4 Å². The molecule has 3 rings (SSSR count). The summed E-state index contributed by atoms with van der Waals surface area (Å²) in [7, 11) is 3.18. The van der Waals surface area contributed by atoms with Gasteiger partial charge in [-0.05, 0) is 32.9 Å². The molecule has 2 aromatic rings. The molecule has 0 spiro atoms. The SMILES string of the molecule is COc1cc2nccc(OC3CCN(C(=O)OC(C)(C)C)C3)c2cc1OC. The van der Waals surface area contributed by atoms with Gasteiger partial charge in [0.05, 0.1) is 26.3 Å². The highest BCUT2D eigenvalue weighted by atomic mass is 16.6. The number of aromatic nitrogens is 1. The number of hydrogen-bond acceptors (Lipinski definition) is 6. The van der Waals surface area contributed by atoms with E-state index in [4.69, 9.17) is 18.9 Å². The van der Waals surface area contributed by atoms with Crippen LogP contribution in [0, 0.1) is 0 Å². The Labute approximate surface area is 159 Å². The summed E-state index contributed by atoms with van der Waals surface area (Å²) in [6, 6.07) is 5.50. The normalized spacial score (nSPS) is 17.1. The molecular formula is C20H26N2O5. The van der Waals surface area contributed by atoms with E-state index in [2.05, 4.69) is 4.98 Å². The molecule has 7 nitrogen and oxygen atoms in total. The predicted molar refractivity (Wildman–Crippen MR) is 102 cm³/mol. The van der Waals surface area contributed by atoms with E-state index in [1.165, 1.54) is 0 Å². The maximum Gasteiger partial charge on any atom is 0.410 e. The molecule has 0 bridgehead atoms. The lowest BCUT2D eigenvalue weighted by Crippen LogP contribution is -2.36. The summed E-state index contributed by atoms with van der Waals surface area (Å²) in [6.07, 6.45) is 2.04. The number of nitrogens with zero attached hydrogens (tertiary/aromatic N) is 2. The van der Waals surface area contributed by atoms with E-state index in [1.54, 1.807) is 25.3 Å². The van der Waals surface area contributed by atoms with Gasteiger partial charge >= 0.3 is 6.09 Å². The zero-order valence-corrected chi connectivity index (χ0v) is 16.4. The predicted octanol–water partition coefficient (Wildman–Crippen LogP) is 3.64. The number of ether oxygens (including phenoxy) is 4. The summed E-state index contributed by atoms with van der Waals surface area (Å²) in [5, 5.41) is 0.839. The van der Waals surface area contributed by atoms with Crippen molar-refractivity contribution in [3.8, 4) is 17.2 Å². The Kier molecular flexibility index (Phi) is 5.30. The van der Waals surface area contributed by atoms with Gasteiger partial charge < -0.3 is 23.8 Å². The number of carbonyl (C=O) groups excluding carboxylic acids is 1. The van der Waals surface area contributed by atoms with Crippen molar-refractivity contribution in [2.75, 3.05) is 27.3 Å². The number of benzene rings is 1. The van der Waals surface area contributed by atoms with Crippen molar-refractivity contribution in [1.82, 2.24) is 9.88 Å². The molecule has 0 radical (unpaired) electrons. The van der Waals surface area contributed by atoms with Gasteiger partial charge in [0.2, 0.25) is 0 Å². The molecule has 1 aliphatic rings. The van der Waals surface area contributed by atoms with Crippen LogP contribution in [0.3, 0.4) is 0 Å². The van der Waals surface area contributed by atoms with Crippen LogP contribution >= 0.6 is 0 Å². The highest BCUT2D eigenvalue weighted by molar-refractivity contribution is 5.88. The minimum absolute atomic E-state index is 0.101. The van der Waals surface area contributed by atoms with Gasteiger partial charge in [0.1, 0.15) is 17.5 Å². The average Bonchev–Trinajstić information content (AvgIpc) is 3.08. The van der Waals surface area contributed by atoms with Crippen molar-refractivity contribution in [3.63, 3.8) is 0 Å². The van der Waals surface area contributed by atoms with Crippen LogP contribution in [0.1, 0.15) is 27.2 Å². The number of carbonyl (C=O) groups is 1. The standard InChI is InChI=1S/C20H26N2O5/c1-20(2,3)27-19(23)22-9-7-13(12-22)26-16-6-8-21-15-11-18(25-5)17(24-4)10-14(15)16/h6,8,10-11,13H,7,9,12H2,1-5H3. The molecule has 1 unspecified atom stereocenters. The topological polar surface area (TPSA) is 70.1 Å². The monoisotopic (exact) mass is 374 g/mol. The number of likely N-dealkylation sites (tertiary alicyclic amines) is 1. The first kappa shape index (κ1) is 19.1. The molecular weight excluding hydrogens is 348 g/mol. The van der Waals surface area contributed by atoms with Crippen molar-refractivity contribution in [3.05, 3.63) is 24.4 Å². The third-order valence-corrected chi connectivity index (χ3v) is 4.30. The number of hydrogen-bond donors (Lipinski definition) is 0. The number of pyridine rings is 1. The molecule has 1 aliphatic heterocycles. The molecule has 2 heterocycles. The van der Waals surface area contributed by atoms with Gasteiger partial charge in [-0.15, -0.1) is 0 Å². The summed E-state index contributed by atoms with van der Waals surface area (Å²) >= 11 is 0. The lowest BCUT2D eigenvalue weighted by atomic mass is 10.1. The van der Waals surface area contributed by atoms with Crippen LogP contribution in [0.5, 0.6) is 17.2 Å². The van der Waals surface area contributed by atoms with Crippen molar-refractivity contribution in [2.24, 2.45) is 0 Å². The van der Waals surface area contributed by atoms with Crippen LogP contribution < -0.4 is 14.2 Å². The van der Waals surface area contributed by atoms with Crippen LogP contribution in [-0.2, 0) is 4.74 Å². The fourth-order valence-electron chi connectivity index (χ4n) is 3.05. The van der Waals surface area contributed by atoms with E-state index in [-0.39, 0.29) is 12.2 Å². The van der Waals surface area contributed by atoms with Gasteiger partial charge in [-0.1, -0.05) is 0 Å². The lowest BCUT2D eigenvalue weighted by Gasteiger charge is -2.24. The number of rotatable bonds is 4. The van der Waals surface area contributed by atoms with Gasteiger partial charge in [-0.25, -0.2) is 4.79 Å². The van der Waals surface area contributed by atoms with Crippen LogP contribution in [0.4, 0.5) is 4.79 Å². The summed E-state index contributed by atoms with van der Waals surface area (Å²) in [6.45, 7) is 6.69. The fraction of sp³-hybridized carbons (Fsp3) is 0.500. The second-order valence-corrected chi connectivity index (χ2v) is 7.49. The van der Waals surface area contributed by atoms with Crippen molar-refractivity contribution < 1.29 is 23.7 Å². The molecule has 27 heavy (non-hydrogen) atoms. The van der Waals surface area contributed by atoms with Gasteiger partial charge in [-0.2, -0.15) is 0 Å². The fourth-order valence-corrected chi connectivity index (χ4v) is 3.05. The highest BCUT2D eigenvalue weighted by Gasteiger charge is 2.31. The molecule has 1 atom stereocenters. The van der Waals surface area contributed by atoms with E-state index in [9.17, 15) is 4.79 Å². The second-order valence-electron chi connectivity index (χ2n) is 7.49. The molecule has 0 N–H and O–H groups in total. The third-order valence-electron chi connectivity index (χ3n) is 4.30. The quantitative estimate of drug-likeness (QED) is 0.814. The molecule has 1 saturated heterocycles. The Morgan fingerprint density at radius 2 is 1.85 bits per heavy atom. The van der Waals surface area contributed by atoms with Crippen molar-refractivity contribution in [2.45, 2.75) is 38.9 Å². The summed E-state index contributed by atoms with van der Waals surface area (Å²) in [5.74, 6) is 1.94. The first-order valence-corrected chi connectivity index (χ1v) is 8.96. The molecule has 1 fully saturated rings. The van der Waals surface area contributed by atoms with Gasteiger partial charge in [0.15, 0.2) is 11.5 Å². The number of fused-ring (bicyclic) bond motifs is 1. The molecule has 0 saturated carbocycles. The molecule has 1 amide bonds. The van der Waals surface area contributed by atoms with E-state index >= 15 is 0 Å². The van der Waals surface area contributed by atoms with Crippen LogP contribution in [0.2, 0.25) is 0 Å². The van der Waals surface area contributed by atoms with Crippen LogP contribution in [-0.4, -0.2) is 55.0 Å². The minimum atomic E-state index is -0.507. The van der Waals surface area contributed by atoms with Gasteiger partial charge in [-0.3, -0.25) is 4.98 Å². The first-order chi connectivity index (χ1) is 12.8. The molecule has 146 valence electrons. The Balaban J connectivity index is 1.76. The second kappa shape index (κ2) is 7.50. The Hall–Kier alpha value is -2.70. The van der Waals surface area contributed by atoms with Crippen LogP contribution in [0.25, 0.3) is 10.9 Å². The van der Waals surface area contributed by atoms with Crippen molar-refractivity contribution in [1.29, 1.82) is 0 Å². The summed E-state index contributed by atoms with van der Waals surface area (Å²) < 4.78 is 22.3. The Bertz CT molecular complexity index is 831. The number of methoxy groups -OCH3 is 2. The Morgan fingerprint density at radius 3 is 2.52 bits per heavy atom. The molecule has 7 heteroatoms. The summed E-state index contributed by atoms with van der Waals surface area (Å²) in [5.41, 5.74) is 0.250. The molecule has 0 aliphatic carbocycles. The maximum atomic E-state index is 12.2. The van der Waals surface area contributed by atoms with E-state index in [0.29, 0.717) is 30.3 Å². The summed E-state index contributed by atoms with van der Waals surface area (Å²) in [4.78, 5) is 18.3. The van der Waals surface area contributed by atoms with Crippen molar-refractivity contribution >= 4 is 17.0 Å². The van der Waals surface area contributed by atoms with E-state index < -0.39 is 5.60 Å². The minimum Gasteiger partial charge on any atom is -0.493 e. The molecule has 1 aromatic carbocycles. The first-order valence-electron chi connectivity index (χ1n) is 8.96. The van der Waals surface area contributed by atoms with E-state index in [1.807, 2.05) is 39.0 Å². The smallest absolute Gasteiger partial charge is 0.410 e.